The highest BCUT2D eigenvalue weighted by atomic mass is 35.5. The zero-order chi connectivity index (χ0) is 17.6. The summed E-state index contributed by atoms with van der Waals surface area (Å²) in [6, 6.07) is 18.3. The van der Waals surface area contributed by atoms with Gasteiger partial charge in [0, 0.05) is 23.7 Å². The van der Waals surface area contributed by atoms with Crippen LogP contribution in [-0.4, -0.2) is 36.2 Å². The highest BCUT2D eigenvalue weighted by molar-refractivity contribution is 6.30. The molecule has 128 valence electrons. The average molecular weight is 357 g/mol. The van der Waals surface area contributed by atoms with Gasteiger partial charge in [-0.05, 0) is 18.2 Å². The molecule has 0 aliphatic rings. The number of amides is 1. The molecule has 0 bridgehead atoms. The lowest BCUT2D eigenvalue weighted by Gasteiger charge is -2.16. The zero-order valence-corrected chi connectivity index (χ0v) is 14.4. The van der Waals surface area contributed by atoms with Crippen LogP contribution in [-0.2, 0) is 0 Å². The number of nitrogens with zero attached hydrogens (tertiary/aromatic N) is 2. The highest BCUT2D eigenvalue weighted by Crippen LogP contribution is 2.20. The standard InChI is InChI=1S/C19H17ClN2O3/c1-22(10-11-24-16-9-5-8-15(20)12-16)19(23)17-13-18(25-21-17)14-6-3-2-4-7-14/h2-9,12-13H,10-11H2,1H3. The normalized spacial score (nSPS) is 10.5. The van der Waals surface area contributed by atoms with Crippen molar-refractivity contribution in [2.45, 2.75) is 0 Å². The molecule has 1 heterocycles. The van der Waals surface area contributed by atoms with Gasteiger partial charge in [0.05, 0.1) is 6.54 Å². The molecule has 6 heteroatoms. The first-order valence-corrected chi connectivity index (χ1v) is 8.17. The smallest absolute Gasteiger partial charge is 0.275 e. The highest BCUT2D eigenvalue weighted by Gasteiger charge is 2.17. The SMILES string of the molecule is CN(CCOc1cccc(Cl)c1)C(=O)c1cc(-c2ccccc2)on1. The first kappa shape index (κ1) is 17.0. The fourth-order valence-corrected chi connectivity index (χ4v) is 2.45. The largest absolute Gasteiger partial charge is 0.492 e. The first-order valence-electron chi connectivity index (χ1n) is 7.79. The maximum atomic E-state index is 12.4. The summed E-state index contributed by atoms with van der Waals surface area (Å²) in [6.07, 6.45) is 0. The predicted octanol–water partition coefficient (Wildman–Crippen LogP) is 4.15. The van der Waals surface area contributed by atoms with E-state index >= 15 is 0 Å². The quantitative estimate of drug-likeness (QED) is 0.666. The van der Waals surface area contributed by atoms with Crippen molar-refractivity contribution in [2.24, 2.45) is 0 Å². The van der Waals surface area contributed by atoms with Gasteiger partial charge in [-0.15, -0.1) is 0 Å². The predicted molar refractivity (Wildman–Crippen MR) is 95.8 cm³/mol. The number of likely N-dealkylation sites (N-methyl/N-ethyl adjacent to an activating group) is 1. The lowest BCUT2D eigenvalue weighted by atomic mass is 10.1. The van der Waals surface area contributed by atoms with E-state index in [1.165, 1.54) is 4.90 Å². The first-order chi connectivity index (χ1) is 12.1. The third kappa shape index (κ3) is 4.39. The zero-order valence-electron chi connectivity index (χ0n) is 13.7. The summed E-state index contributed by atoms with van der Waals surface area (Å²) in [7, 11) is 1.69. The molecule has 0 aliphatic heterocycles. The fraction of sp³-hybridized carbons (Fsp3) is 0.158. The van der Waals surface area contributed by atoms with E-state index in [2.05, 4.69) is 5.16 Å². The van der Waals surface area contributed by atoms with Crippen LogP contribution in [0, 0.1) is 0 Å². The van der Waals surface area contributed by atoms with E-state index in [1.807, 2.05) is 42.5 Å². The Kier molecular flexibility index (Phi) is 5.36. The molecular weight excluding hydrogens is 340 g/mol. The van der Waals surface area contributed by atoms with Crippen LogP contribution in [0.4, 0.5) is 0 Å². The molecule has 0 radical (unpaired) electrons. The number of carbonyl (C=O) groups excluding carboxylic acids is 1. The Bertz CT molecular complexity index is 849. The van der Waals surface area contributed by atoms with Crippen LogP contribution in [0.5, 0.6) is 5.75 Å². The molecule has 0 unspecified atom stereocenters. The summed E-state index contributed by atoms with van der Waals surface area (Å²) >= 11 is 5.91. The fourth-order valence-electron chi connectivity index (χ4n) is 2.27. The van der Waals surface area contributed by atoms with Gasteiger partial charge in [-0.3, -0.25) is 4.79 Å². The van der Waals surface area contributed by atoms with Gasteiger partial charge in [0.1, 0.15) is 12.4 Å². The minimum atomic E-state index is -0.222. The van der Waals surface area contributed by atoms with Crippen LogP contribution in [0.2, 0.25) is 5.02 Å². The number of ether oxygens (including phenoxy) is 1. The number of rotatable bonds is 6. The summed E-state index contributed by atoms with van der Waals surface area (Å²) < 4.78 is 10.9. The van der Waals surface area contributed by atoms with Crippen molar-refractivity contribution in [3.05, 3.63) is 71.4 Å². The third-order valence-corrected chi connectivity index (χ3v) is 3.86. The van der Waals surface area contributed by atoms with E-state index in [0.717, 1.165) is 5.56 Å². The Balaban J connectivity index is 1.56. The van der Waals surface area contributed by atoms with E-state index in [-0.39, 0.29) is 11.6 Å². The number of hydrogen-bond donors (Lipinski definition) is 0. The molecule has 0 N–H and O–H groups in total. The number of benzene rings is 2. The van der Waals surface area contributed by atoms with Gasteiger partial charge in [-0.25, -0.2) is 0 Å². The van der Waals surface area contributed by atoms with Gasteiger partial charge in [0.2, 0.25) is 0 Å². The van der Waals surface area contributed by atoms with Crippen LogP contribution in [0.1, 0.15) is 10.5 Å². The molecule has 0 aliphatic carbocycles. The van der Waals surface area contributed by atoms with Gasteiger partial charge in [0.25, 0.3) is 5.91 Å². The minimum absolute atomic E-state index is 0.222. The molecule has 0 atom stereocenters. The third-order valence-electron chi connectivity index (χ3n) is 3.63. The Labute approximate surface area is 150 Å². The number of aromatic nitrogens is 1. The Hall–Kier alpha value is -2.79. The average Bonchev–Trinajstić information content (AvgIpc) is 3.12. The molecule has 1 amide bonds. The summed E-state index contributed by atoms with van der Waals surface area (Å²) in [6.45, 7) is 0.769. The van der Waals surface area contributed by atoms with Gasteiger partial charge in [0.15, 0.2) is 11.5 Å². The summed E-state index contributed by atoms with van der Waals surface area (Å²) in [5, 5.41) is 4.48. The van der Waals surface area contributed by atoms with Crippen molar-refractivity contribution in [2.75, 3.05) is 20.2 Å². The van der Waals surface area contributed by atoms with Gasteiger partial charge < -0.3 is 14.2 Å². The van der Waals surface area contributed by atoms with E-state index in [9.17, 15) is 4.79 Å². The van der Waals surface area contributed by atoms with Crippen molar-refractivity contribution in [1.29, 1.82) is 0 Å². The number of hydrogen-bond acceptors (Lipinski definition) is 4. The maximum Gasteiger partial charge on any atom is 0.275 e. The molecule has 3 aromatic rings. The van der Waals surface area contributed by atoms with Gasteiger partial charge in [-0.2, -0.15) is 0 Å². The molecule has 0 saturated carbocycles. The monoisotopic (exact) mass is 356 g/mol. The molecule has 0 saturated heterocycles. The second-order valence-electron chi connectivity index (χ2n) is 5.47. The van der Waals surface area contributed by atoms with Crippen molar-refractivity contribution in [3.63, 3.8) is 0 Å². The van der Waals surface area contributed by atoms with Crippen LogP contribution in [0.3, 0.4) is 0 Å². The van der Waals surface area contributed by atoms with Crippen molar-refractivity contribution in [1.82, 2.24) is 10.1 Å². The lowest BCUT2D eigenvalue weighted by molar-refractivity contribution is 0.0763. The summed E-state index contributed by atoms with van der Waals surface area (Å²) in [4.78, 5) is 14.0. The lowest BCUT2D eigenvalue weighted by Crippen LogP contribution is -2.31. The van der Waals surface area contributed by atoms with E-state index in [4.69, 9.17) is 20.9 Å². The van der Waals surface area contributed by atoms with Crippen LogP contribution < -0.4 is 4.74 Å². The van der Waals surface area contributed by atoms with Crippen molar-refractivity contribution in [3.8, 4) is 17.1 Å². The second-order valence-corrected chi connectivity index (χ2v) is 5.91. The number of carbonyl (C=O) groups is 1. The van der Waals surface area contributed by atoms with Gasteiger partial charge >= 0.3 is 0 Å². The molecule has 0 fully saturated rings. The molecule has 0 spiro atoms. The molecule has 1 aromatic heterocycles. The van der Waals surface area contributed by atoms with E-state index < -0.39 is 0 Å². The Morgan fingerprint density at radius 2 is 1.96 bits per heavy atom. The Morgan fingerprint density at radius 1 is 1.16 bits per heavy atom. The van der Waals surface area contributed by atoms with Gasteiger partial charge in [-0.1, -0.05) is 53.2 Å². The molecule has 3 rings (SSSR count). The minimum Gasteiger partial charge on any atom is -0.492 e. The molecule has 2 aromatic carbocycles. The second kappa shape index (κ2) is 7.85. The van der Waals surface area contributed by atoms with Crippen molar-refractivity contribution < 1.29 is 14.1 Å². The summed E-state index contributed by atoms with van der Waals surface area (Å²) in [5.74, 6) is 1.01. The van der Waals surface area contributed by atoms with Crippen LogP contribution in [0.15, 0.2) is 65.2 Å². The summed E-state index contributed by atoms with van der Waals surface area (Å²) in [5.41, 5.74) is 1.14. The van der Waals surface area contributed by atoms with E-state index in [0.29, 0.717) is 29.7 Å². The number of halogens is 1. The Morgan fingerprint density at radius 3 is 2.72 bits per heavy atom. The topological polar surface area (TPSA) is 55.6 Å². The van der Waals surface area contributed by atoms with E-state index in [1.54, 1.807) is 25.2 Å². The van der Waals surface area contributed by atoms with Crippen LogP contribution in [0.25, 0.3) is 11.3 Å². The van der Waals surface area contributed by atoms with Crippen LogP contribution >= 0.6 is 11.6 Å². The molecule has 5 nitrogen and oxygen atoms in total. The molecule has 25 heavy (non-hydrogen) atoms. The van der Waals surface area contributed by atoms with Crippen molar-refractivity contribution >= 4 is 17.5 Å². The molecular formula is C19H17ClN2O3. The maximum absolute atomic E-state index is 12.4.